The summed E-state index contributed by atoms with van der Waals surface area (Å²) in [6.07, 6.45) is 0.708. The third-order valence-corrected chi connectivity index (χ3v) is 13.6. The predicted molar refractivity (Wildman–Crippen MR) is 166 cm³/mol. The number of Topliss-reactive ketones (excluding diaryl/α,β-unsaturated/α-hetero) is 3. The Bertz CT molecular complexity index is 1420. The summed E-state index contributed by atoms with van der Waals surface area (Å²) in [4.78, 5) is 53.4. The number of esters is 1. The molecule has 0 aromatic heterocycles. The second-order valence-electron chi connectivity index (χ2n) is 15.4. The monoisotopic (exact) mass is 663 g/mol. The lowest BCUT2D eigenvalue weighted by Crippen LogP contribution is -2.60. The zero-order valence-corrected chi connectivity index (χ0v) is 27.7. The largest absolute Gasteiger partial charge is 0.454 e. The molecule has 0 unspecified atom stereocenters. The molecule has 1 aromatic carbocycles. The maximum atomic E-state index is 14.1. The van der Waals surface area contributed by atoms with Crippen LogP contribution in [0.4, 0.5) is 13.2 Å². The first kappa shape index (κ1) is 33.6. The minimum absolute atomic E-state index is 0.00807. The number of nitrogens with one attached hydrogen (secondary N) is 1. The van der Waals surface area contributed by atoms with E-state index in [1.165, 1.54) is 12.1 Å². The zero-order valence-electron chi connectivity index (χ0n) is 26.9. The number of rotatable bonds is 6. The van der Waals surface area contributed by atoms with Crippen LogP contribution in [0.25, 0.3) is 0 Å². The number of carbonyl (C=O) groups excluding carboxylic acids is 4. The highest BCUT2D eigenvalue weighted by molar-refractivity contribution is 6.31. The maximum Gasteiger partial charge on any atom is 0.417 e. The summed E-state index contributed by atoms with van der Waals surface area (Å²) in [6.45, 7) is 7.29. The Labute approximate surface area is 273 Å². The van der Waals surface area contributed by atoms with Gasteiger partial charge in [0.1, 0.15) is 23.0 Å². The Kier molecular flexibility index (Phi) is 8.78. The number of carbonyl (C=O) groups is 4. The van der Waals surface area contributed by atoms with E-state index in [0.29, 0.717) is 58.0 Å². The van der Waals surface area contributed by atoms with Crippen molar-refractivity contribution in [3.63, 3.8) is 0 Å². The minimum Gasteiger partial charge on any atom is -0.454 e. The van der Waals surface area contributed by atoms with Gasteiger partial charge in [0.15, 0.2) is 0 Å². The molecular formula is C36H45ClF3NO5. The highest BCUT2D eigenvalue weighted by Gasteiger charge is 2.66. The molecule has 1 N–H and O–H groups in total. The van der Waals surface area contributed by atoms with Crippen LogP contribution in [0.1, 0.15) is 103 Å². The number of hydrogen-bond acceptors (Lipinski definition) is 6. The molecule has 4 aliphatic carbocycles. The van der Waals surface area contributed by atoms with Gasteiger partial charge in [-0.1, -0.05) is 38.4 Å². The van der Waals surface area contributed by atoms with Gasteiger partial charge in [0, 0.05) is 56.3 Å². The Morgan fingerprint density at radius 2 is 1.76 bits per heavy atom. The van der Waals surface area contributed by atoms with E-state index in [4.69, 9.17) is 16.3 Å². The van der Waals surface area contributed by atoms with Gasteiger partial charge < -0.3 is 10.1 Å². The summed E-state index contributed by atoms with van der Waals surface area (Å²) in [5.41, 5.74) is -2.67. The van der Waals surface area contributed by atoms with Gasteiger partial charge in [-0.2, -0.15) is 13.2 Å². The van der Waals surface area contributed by atoms with E-state index in [2.05, 4.69) is 19.2 Å². The smallest absolute Gasteiger partial charge is 0.417 e. The first-order valence-electron chi connectivity index (χ1n) is 17.0. The summed E-state index contributed by atoms with van der Waals surface area (Å²) < 4.78 is 47.1. The van der Waals surface area contributed by atoms with Crippen molar-refractivity contribution in [1.82, 2.24) is 5.32 Å². The zero-order chi connectivity index (χ0) is 33.2. The number of ether oxygens (including phenoxy) is 1. The van der Waals surface area contributed by atoms with Crippen molar-refractivity contribution in [2.24, 2.45) is 46.3 Å². The summed E-state index contributed by atoms with van der Waals surface area (Å²) in [6, 6.07) is 3.74. The van der Waals surface area contributed by atoms with Crippen LogP contribution in [0.2, 0.25) is 5.02 Å². The number of halogens is 4. The molecule has 1 saturated heterocycles. The number of fused-ring (bicyclic) bond motifs is 5. The topological polar surface area (TPSA) is 89.5 Å². The molecule has 1 aliphatic heterocycles. The van der Waals surface area contributed by atoms with Gasteiger partial charge in [0.2, 0.25) is 0 Å². The van der Waals surface area contributed by atoms with Crippen molar-refractivity contribution >= 4 is 34.9 Å². The third-order valence-electron chi connectivity index (χ3n) is 13.2. The highest BCUT2D eigenvalue weighted by Crippen LogP contribution is 2.66. The van der Waals surface area contributed by atoms with Crippen molar-refractivity contribution in [2.45, 2.75) is 103 Å². The fourth-order valence-corrected chi connectivity index (χ4v) is 10.7. The Hall–Kier alpha value is -2.26. The van der Waals surface area contributed by atoms with Crippen molar-refractivity contribution < 1.29 is 37.1 Å². The molecule has 1 heterocycles. The molecule has 252 valence electrons. The van der Waals surface area contributed by atoms with Gasteiger partial charge in [0.25, 0.3) is 0 Å². The molecule has 0 amide bonds. The van der Waals surface area contributed by atoms with Crippen LogP contribution in [-0.4, -0.2) is 36.4 Å². The van der Waals surface area contributed by atoms with Gasteiger partial charge in [-0.05, 0) is 91.5 Å². The van der Waals surface area contributed by atoms with E-state index in [1.54, 1.807) is 0 Å². The Morgan fingerprint density at radius 1 is 1.04 bits per heavy atom. The number of ketones is 3. The summed E-state index contributed by atoms with van der Waals surface area (Å²) in [5.74, 6) is -0.0000620. The second-order valence-corrected chi connectivity index (χ2v) is 15.8. The average molecular weight is 664 g/mol. The number of alkyl halides is 3. The highest BCUT2D eigenvalue weighted by atomic mass is 35.5. The lowest BCUT2D eigenvalue weighted by molar-refractivity contribution is -0.166. The quantitative estimate of drug-likeness (QED) is 0.318. The average Bonchev–Trinajstić information content (AvgIpc) is 3.36. The fourth-order valence-electron chi connectivity index (χ4n) is 10.5. The van der Waals surface area contributed by atoms with Gasteiger partial charge in [-0.15, -0.1) is 0 Å². The van der Waals surface area contributed by atoms with Crippen LogP contribution >= 0.6 is 11.6 Å². The maximum absolute atomic E-state index is 14.1. The molecule has 0 spiro atoms. The summed E-state index contributed by atoms with van der Waals surface area (Å²) in [7, 11) is 0. The second kappa shape index (κ2) is 12.0. The van der Waals surface area contributed by atoms with Crippen LogP contribution in [0.3, 0.4) is 0 Å². The SMILES string of the molecule is C[C@H](CCC(=O)OC1(c2ccc(Cl)c(C(F)(F)F)c2)CCNCC1)[C@H]1CC[C@H]2[C@@H]3C(=O)C[C@@H]4CC(=O)CC[C@]4(C)[C@H]3CC(=O)[C@]12C. The molecule has 46 heavy (non-hydrogen) atoms. The summed E-state index contributed by atoms with van der Waals surface area (Å²) in [5, 5.41) is 2.79. The molecule has 1 aromatic rings. The van der Waals surface area contributed by atoms with Crippen LogP contribution < -0.4 is 5.32 Å². The predicted octanol–water partition coefficient (Wildman–Crippen LogP) is 7.48. The van der Waals surface area contributed by atoms with Gasteiger partial charge in [-0.25, -0.2) is 0 Å². The fraction of sp³-hybridized carbons (Fsp3) is 0.722. The Balaban J connectivity index is 1.15. The summed E-state index contributed by atoms with van der Waals surface area (Å²) >= 11 is 5.88. The molecule has 0 bridgehead atoms. The van der Waals surface area contributed by atoms with Crippen LogP contribution in [-0.2, 0) is 35.7 Å². The van der Waals surface area contributed by atoms with Crippen LogP contribution in [0.15, 0.2) is 18.2 Å². The number of piperidine rings is 1. The van der Waals surface area contributed by atoms with Crippen molar-refractivity contribution in [1.29, 1.82) is 0 Å². The lowest BCUT2D eigenvalue weighted by Gasteiger charge is -2.58. The number of hydrogen-bond donors (Lipinski definition) is 1. The normalized spacial score (nSPS) is 36.4. The van der Waals surface area contributed by atoms with Gasteiger partial charge in [0.05, 0.1) is 10.6 Å². The lowest BCUT2D eigenvalue weighted by atomic mass is 9.44. The standard InChI is InChI=1S/C36H45ClF3NO5/c1-20(4-9-31(45)46-35(12-14-41-15-13-35)21-5-8-28(37)26(17-21)36(38,39)40)24-6-7-25-32-27(19-30(44)34(24,25)3)33(2)11-10-23(42)16-22(33)18-29(32)43/h5,8,17,20,22,24-25,27,32,41H,4,6-7,9-16,18-19H2,1-3H3/t20-,22+,24-,25+,27+,32+,33+,34-/m1/s1. The van der Waals surface area contributed by atoms with E-state index >= 15 is 0 Å². The number of benzene rings is 1. The van der Waals surface area contributed by atoms with Crippen molar-refractivity contribution in [2.75, 3.05) is 13.1 Å². The van der Waals surface area contributed by atoms with E-state index in [-0.39, 0.29) is 70.3 Å². The molecule has 10 heteroatoms. The first-order valence-corrected chi connectivity index (χ1v) is 17.4. The molecule has 4 saturated carbocycles. The van der Waals surface area contributed by atoms with Crippen LogP contribution in [0, 0.1) is 46.3 Å². The third kappa shape index (κ3) is 5.55. The molecule has 5 fully saturated rings. The van der Waals surface area contributed by atoms with Crippen molar-refractivity contribution in [3.8, 4) is 0 Å². The van der Waals surface area contributed by atoms with E-state index < -0.39 is 33.7 Å². The van der Waals surface area contributed by atoms with Gasteiger partial charge >= 0.3 is 12.1 Å². The molecule has 0 radical (unpaired) electrons. The van der Waals surface area contributed by atoms with E-state index in [9.17, 15) is 32.3 Å². The Morgan fingerprint density at radius 3 is 2.46 bits per heavy atom. The van der Waals surface area contributed by atoms with E-state index in [1.807, 2.05) is 6.92 Å². The molecule has 5 aliphatic rings. The minimum atomic E-state index is -4.64. The van der Waals surface area contributed by atoms with Crippen LogP contribution in [0.5, 0.6) is 0 Å². The molecule has 6 nitrogen and oxygen atoms in total. The van der Waals surface area contributed by atoms with Gasteiger partial charge in [-0.3, -0.25) is 19.2 Å². The van der Waals surface area contributed by atoms with E-state index in [0.717, 1.165) is 25.3 Å². The molecular weight excluding hydrogens is 619 g/mol. The molecule has 8 atom stereocenters. The first-order chi connectivity index (χ1) is 21.6. The molecule has 6 rings (SSSR count). The van der Waals surface area contributed by atoms with Crippen molar-refractivity contribution in [3.05, 3.63) is 34.3 Å².